The normalized spacial score (nSPS) is 12.4. The maximum atomic E-state index is 13.6. The number of hydrogen-bond acceptors (Lipinski definition) is 1. The van der Waals surface area contributed by atoms with Crippen LogP contribution in [0.1, 0.15) is 22.7 Å². The Kier molecular flexibility index (Phi) is 3.72. The van der Waals surface area contributed by atoms with Crippen molar-refractivity contribution >= 4 is 0 Å². The summed E-state index contributed by atoms with van der Waals surface area (Å²) < 4.78 is 27.2. The average molecular weight is 247 g/mol. The van der Waals surface area contributed by atoms with E-state index in [1.54, 1.807) is 0 Å². The third-order valence-electron chi connectivity index (χ3n) is 3.07. The molecule has 94 valence electrons. The molecule has 0 amide bonds. The summed E-state index contributed by atoms with van der Waals surface area (Å²) in [6.07, 6.45) is 0.421. The molecule has 1 nitrogen and oxygen atoms in total. The molecule has 2 aromatic rings. The molecule has 0 bridgehead atoms. The predicted octanol–water partition coefficient (Wildman–Crippen LogP) is 3.52. The van der Waals surface area contributed by atoms with Gasteiger partial charge in [0.05, 0.1) is 0 Å². The van der Waals surface area contributed by atoms with Crippen molar-refractivity contribution in [1.29, 1.82) is 0 Å². The van der Waals surface area contributed by atoms with Gasteiger partial charge >= 0.3 is 0 Å². The summed E-state index contributed by atoms with van der Waals surface area (Å²) in [5, 5.41) is 0. The highest BCUT2D eigenvalue weighted by Crippen LogP contribution is 2.23. The zero-order valence-electron chi connectivity index (χ0n) is 10.2. The van der Waals surface area contributed by atoms with Crippen LogP contribution in [0, 0.1) is 18.6 Å². The maximum absolute atomic E-state index is 13.6. The smallest absolute Gasteiger partial charge is 0.130 e. The molecule has 2 rings (SSSR count). The van der Waals surface area contributed by atoms with Crippen molar-refractivity contribution in [2.75, 3.05) is 0 Å². The van der Waals surface area contributed by atoms with Crippen molar-refractivity contribution in [3.8, 4) is 0 Å². The van der Waals surface area contributed by atoms with E-state index >= 15 is 0 Å². The highest BCUT2D eigenvalue weighted by atomic mass is 19.1. The molecular formula is C15H15F2N. The highest BCUT2D eigenvalue weighted by Gasteiger charge is 2.17. The lowest BCUT2D eigenvalue weighted by molar-refractivity contribution is 0.524. The molecule has 0 aromatic heterocycles. The van der Waals surface area contributed by atoms with Crippen molar-refractivity contribution < 1.29 is 8.78 Å². The van der Waals surface area contributed by atoms with Crippen LogP contribution in [0.5, 0.6) is 0 Å². The fraction of sp³-hybridized carbons (Fsp3) is 0.200. The predicted molar refractivity (Wildman–Crippen MR) is 68.2 cm³/mol. The largest absolute Gasteiger partial charge is 0.323 e. The van der Waals surface area contributed by atoms with Crippen LogP contribution in [0.25, 0.3) is 0 Å². The fourth-order valence-corrected chi connectivity index (χ4v) is 2.04. The van der Waals surface area contributed by atoms with Gasteiger partial charge in [-0.05, 0) is 36.6 Å². The second kappa shape index (κ2) is 5.27. The highest BCUT2D eigenvalue weighted by molar-refractivity contribution is 5.30. The van der Waals surface area contributed by atoms with E-state index in [2.05, 4.69) is 0 Å². The zero-order chi connectivity index (χ0) is 13.1. The van der Waals surface area contributed by atoms with Crippen molar-refractivity contribution in [3.05, 3.63) is 70.8 Å². The summed E-state index contributed by atoms with van der Waals surface area (Å²) in [5.41, 5.74) is 7.96. The molecule has 1 unspecified atom stereocenters. The Morgan fingerprint density at radius 2 is 1.61 bits per heavy atom. The molecule has 2 aromatic carbocycles. The molecule has 0 radical (unpaired) electrons. The average Bonchev–Trinajstić information content (AvgIpc) is 2.32. The second-order valence-corrected chi connectivity index (χ2v) is 4.37. The first-order chi connectivity index (χ1) is 8.59. The molecule has 1 atom stereocenters. The minimum Gasteiger partial charge on any atom is -0.323 e. The Hall–Kier alpha value is -1.74. The molecule has 0 fully saturated rings. The molecule has 3 heteroatoms. The van der Waals surface area contributed by atoms with Gasteiger partial charge in [0, 0.05) is 11.6 Å². The number of benzene rings is 2. The minimum atomic E-state index is -0.674. The van der Waals surface area contributed by atoms with Gasteiger partial charge < -0.3 is 5.73 Å². The molecule has 0 aliphatic rings. The lowest BCUT2D eigenvalue weighted by atomic mass is 9.96. The van der Waals surface area contributed by atoms with Gasteiger partial charge in [0.1, 0.15) is 11.6 Å². The lowest BCUT2D eigenvalue weighted by Crippen LogP contribution is -2.17. The summed E-state index contributed by atoms with van der Waals surface area (Å²) >= 11 is 0. The van der Waals surface area contributed by atoms with Crippen LogP contribution in [0.15, 0.2) is 42.5 Å². The molecule has 0 saturated heterocycles. The minimum absolute atomic E-state index is 0.0410. The van der Waals surface area contributed by atoms with Crippen molar-refractivity contribution in [2.45, 2.75) is 19.4 Å². The van der Waals surface area contributed by atoms with Gasteiger partial charge in [-0.2, -0.15) is 0 Å². The van der Waals surface area contributed by atoms with Gasteiger partial charge in [-0.15, -0.1) is 0 Å². The molecule has 18 heavy (non-hydrogen) atoms. The molecule has 0 saturated carbocycles. The molecule has 0 heterocycles. The fourth-order valence-electron chi connectivity index (χ4n) is 2.04. The van der Waals surface area contributed by atoms with E-state index in [0.29, 0.717) is 6.42 Å². The number of nitrogens with two attached hydrogens (primary N) is 1. The standard InChI is InChI=1S/C15H15F2N/c1-10-5-2-3-6-11(10)9-14(18)15-12(16)7-4-8-13(15)17/h2-8,14H,9,18H2,1H3. The number of aryl methyl sites for hydroxylation is 1. The van der Waals surface area contributed by atoms with Gasteiger partial charge in [-0.1, -0.05) is 30.3 Å². The van der Waals surface area contributed by atoms with Crippen LogP contribution < -0.4 is 5.73 Å². The molecule has 0 aliphatic heterocycles. The van der Waals surface area contributed by atoms with Crippen LogP contribution in [-0.4, -0.2) is 0 Å². The van der Waals surface area contributed by atoms with Gasteiger partial charge in [0.15, 0.2) is 0 Å². The van der Waals surface area contributed by atoms with E-state index in [1.807, 2.05) is 31.2 Å². The molecule has 2 N–H and O–H groups in total. The first kappa shape index (κ1) is 12.7. The third-order valence-corrected chi connectivity index (χ3v) is 3.07. The second-order valence-electron chi connectivity index (χ2n) is 4.37. The summed E-state index contributed by atoms with van der Waals surface area (Å²) in [6, 6.07) is 10.8. The Bertz CT molecular complexity index is 532. The number of hydrogen-bond donors (Lipinski definition) is 1. The first-order valence-corrected chi connectivity index (χ1v) is 5.83. The topological polar surface area (TPSA) is 26.0 Å². The monoisotopic (exact) mass is 247 g/mol. The van der Waals surface area contributed by atoms with E-state index in [0.717, 1.165) is 11.1 Å². The Morgan fingerprint density at radius 3 is 2.22 bits per heavy atom. The van der Waals surface area contributed by atoms with Crippen molar-refractivity contribution in [1.82, 2.24) is 0 Å². The summed E-state index contributed by atoms with van der Waals surface area (Å²) in [6.45, 7) is 1.96. The van der Waals surface area contributed by atoms with E-state index in [9.17, 15) is 8.78 Å². The Balaban J connectivity index is 2.28. The van der Waals surface area contributed by atoms with Gasteiger partial charge in [-0.25, -0.2) is 8.78 Å². The summed E-state index contributed by atoms with van der Waals surface area (Å²) in [4.78, 5) is 0. The molecular weight excluding hydrogens is 232 g/mol. The molecule has 0 spiro atoms. The Labute approximate surface area is 105 Å². The van der Waals surface area contributed by atoms with Gasteiger partial charge in [0.25, 0.3) is 0 Å². The van der Waals surface area contributed by atoms with E-state index < -0.39 is 17.7 Å². The SMILES string of the molecule is Cc1ccccc1CC(N)c1c(F)cccc1F. The summed E-state index contributed by atoms with van der Waals surface area (Å²) in [7, 11) is 0. The van der Waals surface area contributed by atoms with Crippen LogP contribution in [0.4, 0.5) is 8.78 Å². The summed E-state index contributed by atoms with van der Waals surface area (Å²) in [5.74, 6) is -1.17. The van der Waals surface area contributed by atoms with Crippen LogP contribution >= 0.6 is 0 Å². The van der Waals surface area contributed by atoms with Crippen LogP contribution in [-0.2, 0) is 6.42 Å². The van der Waals surface area contributed by atoms with Crippen LogP contribution in [0.2, 0.25) is 0 Å². The number of rotatable bonds is 3. The quantitative estimate of drug-likeness (QED) is 0.882. The molecule has 0 aliphatic carbocycles. The van der Waals surface area contributed by atoms with Crippen molar-refractivity contribution in [2.24, 2.45) is 5.73 Å². The van der Waals surface area contributed by atoms with E-state index in [1.165, 1.54) is 18.2 Å². The van der Waals surface area contributed by atoms with Gasteiger partial charge in [0.2, 0.25) is 0 Å². The Morgan fingerprint density at radius 1 is 1.00 bits per heavy atom. The number of halogens is 2. The maximum Gasteiger partial charge on any atom is 0.130 e. The third kappa shape index (κ3) is 2.57. The zero-order valence-corrected chi connectivity index (χ0v) is 10.2. The first-order valence-electron chi connectivity index (χ1n) is 5.83. The van der Waals surface area contributed by atoms with Crippen LogP contribution in [0.3, 0.4) is 0 Å². The van der Waals surface area contributed by atoms with Gasteiger partial charge in [-0.3, -0.25) is 0 Å². The lowest BCUT2D eigenvalue weighted by Gasteiger charge is -2.15. The van der Waals surface area contributed by atoms with E-state index in [4.69, 9.17) is 5.73 Å². The van der Waals surface area contributed by atoms with Crippen molar-refractivity contribution in [3.63, 3.8) is 0 Å². The van der Waals surface area contributed by atoms with E-state index in [-0.39, 0.29) is 5.56 Å².